The third-order valence-electron chi connectivity index (χ3n) is 4.15. The van der Waals surface area contributed by atoms with Crippen LogP contribution in [0.1, 0.15) is 36.0 Å². The standard InChI is InChI=1S/C20H24N2O3/c1-14(2)21-12-16(23)13-25-20-18-11-7-6-10-17(18)19(24)22(20)15-8-4-3-5-9-15/h3-11,14,16,20-21,23H,12-13H2,1-2H3/t16-,20+/m0/s1. The summed E-state index contributed by atoms with van der Waals surface area (Å²) in [5, 5.41) is 13.3. The number of benzene rings is 2. The van der Waals surface area contributed by atoms with Gasteiger partial charge in [-0.15, -0.1) is 0 Å². The minimum Gasteiger partial charge on any atom is -0.389 e. The first-order valence-corrected chi connectivity index (χ1v) is 8.58. The van der Waals surface area contributed by atoms with Crippen molar-refractivity contribution in [3.05, 3.63) is 65.7 Å². The Morgan fingerprint density at radius 3 is 2.52 bits per heavy atom. The first-order valence-electron chi connectivity index (χ1n) is 8.58. The lowest BCUT2D eigenvalue weighted by Gasteiger charge is -2.26. The number of hydrogen-bond acceptors (Lipinski definition) is 4. The topological polar surface area (TPSA) is 61.8 Å². The van der Waals surface area contributed by atoms with Gasteiger partial charge in [0.1, 0.15) is 0 Å². The van der Waals surface area contributed by atoms with Crippen molar-refractivity contribution in [3.8, 4) is 0 Å². The van der Waals surface area contributed by atoms with E-state index in [1.54, 1.807) is 4.90 Å². The number of carbonyl (C=O) groups is 1. The molecule has 0 bridgehead atoms. The number of para-hydroxylation sites is 1. The minimum absolute atomic E-state index is 0.0819. The molecular weight excluding hydrogens is 316 g/mol. The van der Waals surface area contributed by atoms with Crippen LogP contribution in [0.25, 0.3) is 0 Å². The first kappa shape index (κ1) is 17.6. The maximum absolute atomic E-state index is 12.8. The van der Waals surface area contributed by atoms with E-state index in [0.29, 0.717) is 18.2 Å². The summed E-state index contributed by atoms with van der Waals surface area (Å²) in [7, 11) is 0. The minimum atomic E-state index is -0.636. The molecule has 2 aromatic rings. The largest absolute Gasteiger partial charge is 0.389 e. The Kier molecular flexibility index (Phi) is 5.48. The van der Waals surface area contributed by atoms with Crippen molar-refractivity contribution in [3.63, 3.8) is 0 Å². The van der Waals surface area contributed by atoms with E-state index in [9.17, 15) is 9.90 Å². The Balaban J connectivity index is 1.79. The molecule has 0 saturated carbocycles. The van der Waals surface area contributed by atoms with Crippen LogP contribution in [0.15, 0.2) is 54.6 Å². The number of carbonyl (C=O) groups excluding carboxylic acids is 1. The summed E-state index contributed by atoms with van der Waals surface area (Å²) in [6.07, 6.45) is -1.16. The lowest BCUT2D eigenvalue weighted by atomic mass is 10.1. The van der Waals surface area contributed by atoms with Gasteiger partial charge in [-0.05, 0) is 18.2 Å². The number of aliphatic hydroxyl groups excluding tert-OH is 1. The Labute approximate surface area is 148 Å². The van der Waals surface area contributed by atoms with Gasteiger partial charge in [-0.25, -0.2) is 0 Å². The Bertz CT molecular complexity index is 718. The van der Waals surface area contributed by atoms with Crippen LogP contribution in [0.5, 0.6) is 0 Å². The van der Waals surface area contributed by atoms with Gasteiger partial charge in [0.25, 0.3) is 5.91 Å². The molecule has 2 aromatic carbocycles. The third kappa shape index (κ3) is 3.90. The normalized spacial score (nSPS) is 17.8. The van der Waals surface area contributed by atoms with Crippen molar-refractivity contribution in [2.45, 2.75) is 32.2 Å². The highest BCUT2D eigenvalue weighted by atomic mass is 16.5. The quantitative estimate of drug-likeness (QED) is 0.814. The van der Waals surface area contributed by atoms with E-state index in [0.717, 1.165) is 11.3 Å². The predicted octanol–water partition coefficient (Wildman–Crippen LogP) is 2.72. The van der Waals surface area contributed by atoms with Crippen LogP contribution in [-0.2, 0) is 4.74 Å². The molecule has 1 aliphatic heterocycles. The van der Waals surface area contributed by atoms with Gasteiger partial charge in [-0.1, -0.05) is 50.2 Å². The summed E-state index contributed by atoms with van der Waals surface area (Å²) >= 11 is 0. The van der Waals surface area contributed by atoms with E-state index in [4.69, 9.17) is 4.74 Å². The molecule has 0 saturated heterocycles. The van der Waals surface area contributed by atoms with Crippen LogP contribution < -0.4 is 10.2 Å². The second-order valence-electron chi connectivity index (χ2n) is 6.50. The van der Waals surface area contributed by atoms with E-state index in [2.05, 4.69) is 5.32 Å². The highest BCUT2D eigenvalue weighted by Crippen LogP contribution is 2.38. The van der Waals surface area contributed by atoms with Gasteiger partial charge in [-0.2, -0.15) is 0 Å². The summed E-state index contributed by atoms with van der Waals surface area (Å²) < 4.78 is 5.98. The maximum Gasteiger partial charge on any atom is 0.261 e. The average molecular weight is 340 g/mol. The van der Waals surface area contributed by atoms with Crippen molar-refractivity contribution in [1.82, 2.24) is 5.32 Å². The number of anilines is 1. The fourth-order valence-electron chi connectivity index (χ4n) is 2.92. The second kappa shape index (κ2) is 7.78. The molecule has 2 N–H and O–H groups in total. The number of ether oxygens (including phenoxy) is 1. The van der Waals surface area contributed by atoms with Crippen molar-refractivity contribution < 1.29 is 14.6 Å². The lowest BCUT2D eigenvalue weighted by Crippen LogP contribution is -2.36. The number of hydrogen-bond donors (Lipinski definition) is 2. The first-order chi connectivity index (χ1) is 12.1. The fourth-order valence-corrected chi connectivity index (χ4v) is 2.92. The number of rotatable bonds is 7. The highest BCUT2D eigenvalue weighted by molar-refractivity contribution is 6.10. The van der Waals surface area contributed by atoms with E-state index in [1.165, 1.54) is 0 Å². The van der Waals surface area contributed by atoms with Gasteiger partial charge >= 0.3 is 0 Å². The summed E-state index contributed by atoms with van der Waals surface area (Å²) in [6, 6.07) is 17.2. The van der Waals surface area contributed by atoms with Crippen LogP contribution in [0.4, 0.5) is 5.69 Å². The molecule has 1 heterocycles. The van der Waals surface area contributed by atoms with Crippen LogP contribution in [0.3, 0.4) is 0 Å². The molecule has 5 nitrogen and oxygen atoms in total. The number of nitrogens with one attached hydrogen (secondary N) is 1. The van der Waals surface area contributed by atoms with Crippen molar-refractivity contribution in [2.75, 3.05) is 18.1 Å². The second-order valence-corrected chi connectivity index (χ2v) is 6.50. The number of aliphatic hydroxyl groups is 1. The summed E-state index contributed by atoms with van der Waals surface area (Å²) in [5.41, 5.74) is 2.26. The van der Waals surface area contributed by atoms with Crippen LogP contribution in [-0.4, -0.2) is 36.3 Å². The van der Waals surface area contributed by atoms with Crippen LogP contribution in [0, 0.1) is 0 Å². The van der Waals surface area contributed by atoms with E-state index >= 15 is 0 Å². The molecule has 2 atom stereocenters. The molecule has 5 heteroatoms. The summed E-state index contributed by atoms with van der Waals surface area (Å²) in [5.74, 6) is -0.0819. The molecule has 0 fully saturated rings. The highest BCUT2D eigenvalue weighted by Gasteiger charge is 2.38. The average Bonchev–Trinajstić information content (AvgIpc) is 2.91. The lowest BCUT2D eigenvalue weighted by molar-refractivity contribution is -0.00721. The van der Waals surface area contributed by atoms with E-state index in [1.807, 2.05) is 68.4 Å². The molecule has 1 amide bonds. The van der Waals surface area contributed by atoms with Crippen molar-refractivity contribution in [2.24, 2.45) is 0 Å². The zero-order chi connectivity index (χ0) is 17.8. The molecule has 3 rings (SSSR count). The van der Waals surface area contributed by atoms with Gasteiger partial charge in [0.15, 0.2) is 6.23 Å². The maximum atomic E-state index is 12.8. The molecule has 25 heavy (non-hydrogen) atoms. The van der Waals surface area contributed by atoms with Crippen LogP contribution >= 0.6 is 0 Å². The molecular formula is C20H24N2O3. The smallest absolute Gasteiger partial charge is 0.261 e. The number of fused-ring (bicyclic) bond motifs is 1. The summed E-state index contributed by atoms with van der Waals surface area (Å²) in [4.78, 5) is 14.5. The SMILES string of the molecule is CC(C)NC[C@H](O)CO[C@@H]1c2ccccc2C(=O)N1c1ccccc1. The monoisotopic (exact) mass is 340 g/mol. The van der Waals surface area contributed by atoms with Crippen LogP contribution in [0.2, 0.25) is 0 Å². The van der Waals surface area contributed by atoms with Gasteiger partial charge < -0.3 is 15.2 Å². The fraction of sp³-hybridized carbons (Fsp3) is 0.350. The van der Waals surface area contributed by atoms with Gasteiger partial charge in [0.05, 0.1) is 12.7 Å². The zero-order valence-electron chi connectivity index (χ0n) is 14.6. The third-order valence-corrected chi connectivity index (χ3v) is 4.15. The predicted molar refractivity (Wildman–Crippen MR) is 97.5 cm³/mol. The van der Waals surface area contributed by atoms with E-state index in [-0.39, 0.29) is 12.5 Å². The Morgan fingerprint density at radius 2 is 1.80 bits per heavy atom. The molecule has 0 unspecified atom stereocenters. The van der Waals surface area contributed by atoms with Gasteiger partial charge in [0, 0.05) is 29.4 Å². The number of amides is 1. The van der Waals surface area contributed by atoms with Gasteiger partial charge in [-0.3, -0.25) is 9.69 Å². The Hall–Kier alpha value is -2.21. The molecule has 132 valence electrons. The van der Waals surface area contributed by atoms with Crippen molar-refractivity contribution >= 4 is 11.6 Å². The molecule has 1 aliphatic rings. The summed E-state index contributed by atoms with van der Waals surface area (Å²) in [6.45, 7) is 4.65. The molecule has 0 radical (unpaired) electrons. The number of nitrogens with zero attached hydrogens (tertiary/aromatic N) is 1. The molecule has 0 spiro atoms. The molecule has 0 aromatic heterocycles. The van der Waals surface area contributed by atoms with Gasteiger partial charge in [0.2, 0.25) is 0 Å². The molecule has 0 aliphatic carbocycles. The Morgan fingerprint density at radius 1 is 1.12 bits per heavy atom. The van der Waals surface area contributed by atoms with Crippen molar-refractivity contribution in [1.29, 1.82) is 0 Å². The zero-order valence-corrected chi connectivity index (χ0v) is 14.6. The van der Waals surface area contributed by atoms with E-state index < -0.39 is 12.3 Å².